The van der Waals surface area contributed by atoms with Crippen LogP contribution < -0.4 is 5.32 Å². The molecule has 5 rings (SSSR count). The van der Waals surface area contributed by atoms with Gasteiger partial charge in [0, 0.05) is 15.8 Å². The molecule has 0 saturated carbocycles. The van der Waals surface area contributed by atoms with E-state index in [2.05, 4.69) is 63.3 Å². The fourth-order valence-corrected chi connectivity index (χ4v) is 6.40. The monoisotopic (exact) mass is 493 g/mol. The molecule has 0 saturated heterocycles. The smallest absolute Gasteiger partial charge is 0.257 e. The number of carbonyl (C=O) groups is 1. The van der Waals surface area contributed by atoms with Crippen molar-refractivity contribution in [2.75, 3.05) is 5.32 Å². The van der Waals surface area contributed by atoms with Gasteiger partial charge in [-0.2, -0.15) is 5.26 Å². The van der Waals surface area contributed by atoms with Crippen molar-refractivity contribution in [2.45, 2.75) is 53.4 Å². The largest absolute Gasteiger partial charge is 0.312 e. The molecule has 1 aliphatic carbocycles. The average molecular weight is 494 g/mol. The fraction of sp³-hybridized carbons (Fsp3) is 0.323. The molecule has 0 radical (unpaired) electrons. The Morgan fingerprint density at radius 2 is 1.92 bits per heavy atom. The summed E-state index contributed by atoms with van der Waals surface area (Å²) >= 11 is 1.57. The Morgan fingerprint density at radius 3 is 2.61 bits per heavy atom. The minimum absolute atomic E-state index is 0.206. The second kappa shape index (κ2) is 9.52. The highest BCUT2D eigenvalue weighted by Gasteiger charge is 2.32. The molecule has 2 aromatic heterocycles. The molecule has 1 atom stereocenters. The van der Waals surface area contributed by atoms with E-state index < -0.39 is 0 Å². The molecular formula is C31H31N3OS. The Bertz CT molecular complexity index is 1490. The molecule has 36 heavy (non-hydrogen) atoms. The van der Waals surface area contributed by atoms with Gasteiger partial charge in [0.2, 0.25) is 0 Å². The minimum atomic E-state index is -0.206. The van der Waals surface area contributed by atoms with E-state index >= 15 is 0 Å². The first kappa shape index (κ1) is 24.2. The summed E-state index contributed by atoms with van der Waals surface area (Å²) in [5, 5.41) is 14.5. The average Bonchev–Trinajstić information content (AvgIpc) is 3.23. The number of pyridine rings is 1. The molecule has 1 amide bonds. The normalized spacial score (nSPS) is 15.4. The molecular weight excluding hydrogens is 462 g/mol. The van der Waals surface area contributed by atoms with E-state index in [1.165, 1.54) is 10.4 Å². The summed E-state index contributed by atoms with van der Waals surface area (Å²) in [5.41, 5.74) is 6.32. The Balaban J connectivity index is 1.52. The predicted molar refractivity (Wildman–Crippen MR) is 149 cm³/mol. The van der Waals surface area contributed by atoms with Gasteiger partial charge in [0.05, 0.1) is 22.3 Å². The highest BCUT2D eigenvalue weighted by atomic mass is 32.1. The van der Waals surface area contributed by atoms with Crippen LogP contribution >= 0.6 is 11.3 Å². The third-order valence-electron chi connectivity index (χ3n) is 7.45. The molecule has 2 heterocycles. The Labute approximate surface area is 217 Å². The lowest BCUT2D eigenvalue weighted by Gasteiger charge is -2.33. The van der Waals surface area contributed by atoms with Crippen LogP contribution in [0.15, 0.2) is 54.6 Å². The number of para-hydroxylation sites is 1. The summed E-state index contributed by atoms with van der Waals surface area (Å²) in [7, 11) is 0. The molecule has 0 aliphatic heterocycles. The van der Waals surface area contributed by atoms with Gasteiger partial charge in [-0.3, -0.25) is 4.79 Å². The van der Waals surface area contributed by atoms with Crippen molar-refractivity contribution >= 4 is 33.1 Å². The summed E-state index contributed by atoms with van der Waals surface area (Å²) in [6.45, 7) is 8.98. The van der Waals surface area contributed by atoms with Crippen LogP contribution in [-0.2, 0) is 19.3 Å². The van der Waals surface area contributed by atoms with Gasteiger partial charge in [-0.1, -0.05) is 70.2 Å². The zero-order valence-corrected chi connectivity index (χ0v) is 22.1. The van der Waals surface area contributed by atoms with Gasteiger partial charge in [0.1, 0.15) is 11.1 Å². The predicted octanol–water partition coefficient (Wildman–Crippen LogP) is 7.80. The van der Waals surface area contributed by atoms with E-state index in [1.807, 2.05) is 30.3 Å². The van der Waals surface area contributed by atoms with Crippen LogP contribution in [0.4, 0.5) is 5.00 Å². The quantitative estimate of drug-likeness (QED) is 0.315. The van der Waals surface area contributed by atoms with E-state index in [0.29, 0.717) is 22.0 Å². The van der Waals surface area contributed by atoms with Gasteiger partial charge < -0.3 is 5.32 Å². The van der Waals surface area contributed by atoms with Crippen molar-refractivity contribution in [3.8, 4) is 17.3 Å². The van der Waals surface area contributed by atoms with Crippen LogP contribution in [0, 0.1) is 22.7 Å². The zero-order chi connectivity index (χ0) is 25.4. The highest BCUT2D eigenvalue weighted by molar-refractivity contribution is 7.16. The second-order valence-electron chi connectivity index (χ2n) is 10.7. The van der Waals surface area contributed by atoms with Gasteiger partial charge in [-0.15, -0.1) is 11.3 Å². The van der Waals surface area contributed by atoms with Gasteiger partial charge in [0.25, 0.3) is 5.91 Å². The molecule has 1 N–H and O–H groups in total. The van der Waals surface area contributed by atoms with Crippen LogP contribution in [0.25, 0.3) is 22.2 Å². The van der Waals surface area contributed by atoms with Crippen molar-refractivity contribution in [1.82, 2.24) is 4.98 Å². The number of hydrogen-bond donors (Lipinski definition) is 1. The zero-order valence-electron chi connectivity index (χ0n) is 21.3. The number of fused-ring (bicyclic) bond motifs is 2. The molecule has 4 nitrogen and oxygen atoms in total. The third kappa shape index (κ3) is 4.54. The summed E-state index contributed by atoms with van der Waals surface area (Å²) in [4.78, 5) is 19.8. The highest BCUT2D eigenvalue weighted by Crippen LogP contribution is 2.44. The summed E-state index contributed by atoms with van der Waals surface area (Å²) in [6, 6.07) is 20.3. The van der Waals surface area contributed by atoms with Crippen LogP contribution in [0.5, 0.6) is 0 Å². The number of aryl methyl sites for hydroxylation is 1. The van der Waals surface area contributed by atoms with Crippen molar-refractivity contribution in [3.05, 3.63) is 81.7 Å². The van der Waals surface area contributed by atoms with Crippen LogP contribution in [0.1, 0.15) is 66.0 Å². The molecule has 2 aromatic carbocycles. The molecule has 1 aliphatic rings. The maximum absolute atomic E-state index is 13.7. The number of rotatable bonds is 4. The summed E-state index contributed by atoms with van der Waals surface area (Å²) < 4.78 is 0. The number of nitrogens with one attached hydrogen (secondary N) is 1. The fourth-order valence-electron chi connectivity index (χ4n) is 5.12. The second-order valence-corrected chi connectivity index (χ2v) is 11.8. The topological polar surface area (TPSA) is 65.8 Å². The summed E-state index contributed by atoms with van der Waals surface area (Å²) in [5.74, 6) is 0.368. The first-order valence-corrected chi connectivity index (χ1v) is 13.4. The maximum Gasteiger partial charge on any atom is 0.257 e. The first-order valence-electron chi connectivity index (χ1n) is 12.6. The van der Waals surface area contributed by atoms with Crippen LogP contribution in [0.3, 0.4) is 0 Å². The minimum Gasteiger partial charge on any atom is -0.312 e. The van der Waals surface area contributed by atoms with Gasteiger partial charge in [-0.05, 0) is 60.3 Å². The summed E-state index contributed by atoms with van der Waals surface area (Å²) in [6.07, 6.45) is 3.90. The van der Waals surface area contributed by atoms with E-state index in [1.54, 1.807) is 11.3 Å². The van der Waals surface area contributed by atoms with Crippen molar-refractivity contribution in [2.24, 2.45) is 11.3 Å². The molecule has 4 aromatic rings. The van der Waals surface area contributed by atoms with Crippen molar-refractivity contribution in [1.29, 1.82) is 5.26 Å². The number of nitriles is 1. The maximum atomic E-state index is 13.7. The van der Waals surface area contributed by atoms with E-state index in [-0.39, 0.29) is 11.3 Å². The molecule has 182 valence electrons. The Morgan fingerprint density at radius 1 is 1.17 bits per heavy atom. The van der Waals surface area contributed by atoms with E-state index in [4.69, 9.17) is 4.98 Å². The van der Waals surface area contributed by atoms with Gasteiger partial charge in [-0.25, -0.2) is 4.98 Å². The Kier molecular flexibility index (Phi) is 6.40. The number of carbonyl (C=O) groups excluding carboxylic acids is 1. The number of aromatic nitrogens is 1. The molecule has 0 spiro atoms. The van der Waals surface area contributed by atoms with Gasteiger partial charge >= 0.3 is 0 Å². The third-order valence-corrected chi connectivity index (χ3v) is 8.62. The number of thiophene rings is 1. The molecule has 0 unspecified atom stereocenters. The molecule has 0 fully saturated rings. The van der Waals surface area contributed by atoms with Crippen molar-refractivity contribution < 1.29 is 4.79 Å². The SMILES string of the molecule is CCc1ccc(-c2cc(C(=O)Nc3sc4c(c3C#N)CC[C@H](C(C)(C)C)C4)c3ccccc3n2)cc1. The Hall–Kier alpha value is -3.49. The van der Waals surface area contributed by atoms with Crippen LogP contribution in [0.2, 0.25) is 0 Å². The lowest BCUT2D eigenvalue weighted by Crippen LogP contribution is -2.26. The number of benzene rings is 2. The molecule has 0 bridgehead atoms. The van der Waals surface area contributed by atoms with E-state index in [9.17, 15) is 10.1 Å². The lowest BCUT2D eigenvalue weighted by atomic mass is 9.72. The van der Waals surface area contributed by atoms with E-state index in [0.717, 1.165) is 53.4 Å². The number of nitrogens with zero attached hydrogens (tertiary/aromatic N) is 2. The van der Waals surface area contributed by atoms with Crippen molar-refractivity contribution in [3.63, 3.8) is 0 Å². The number of anilines is 1. The van der Waals surface area contributed by atoms with Crippen LogP contribution in [-0.4, -0.2) is 10.9 Å². The number of hydrogen-bond acceptors (Lipinski definition) is 4. The lowest BCUT2D eigenvalue weighted by molar-refractivity contribution is 0.102. The van der Waals surface area contributed by atoms with Gasteiger partial charge in [0.15, 0.2) is 0 Å². The molecule has 5 heteroatoms. The number of amides is 1. The standard InChI is InChI=1S/C31H31N3OS/c1-5-19-10-12-20(13-11-19)27-17-24(22-8-6-7-9-26(22)33-27)29(35)34-30-25(18-32)23-15-14-21(31(2,3)4)16-28(23)36-30/h6-13,17,21H,5,14-16H2,1-4H3,(H,34,35)/t21-/m0/s1. The first-order chi connectivity index (χ1) is 17.3.